The molecule has 3 nitrogen and oxygen atoms in total. The van der Waals surface area contributed by atoms with Crippen molar-refractivity contribution < 1.29 is 13.6 Å². The van der Waals surface area contributed by atoms with Gasteiger partial charge in [-0.25, -0.2) is 13.8 Å². The van der Waals surface area contributed by atoms with Crippen LogP contribution >= 0.6 is 0 Å². The van der Waals surface area contributed by atoms with E-state index in [-0.39, 0.29) is 6.29 Å². The van der Waals surface area contributed by atoms with Gasteiger partial charge in [-0.15, -0.1) is 0 Å². The number of hydrogen-bond acceptors (Lipinski definition) is 2. The van der Waals surface area contributed by atoms with Gasteiger partial charge >= 0.3 is 0 Å². The van der Waals surface area contributed by atoms with Gasteiger partial charge in [0.1, 0.15) is 17.2 Å². The maximum absolute atomic E-state index is 14.6. The highest BCUT2D eigenvalue weighted by Crippen LogP contribution is 2.43. The van der Waals surface area contributed by atoms with Crippen molar-refractivity contribution in [2.45, 2.75) is 12.5 Å². The van der Waals surface area contributed by atoms with Crippen LogP contribution in [0.3, 0.4) is 0 Å². The SMILES string of the molecule is Cc1cc2ncn(C(c3ccccc3)(c3ccccc3)c3ccccc3)c2cc1-c1cc(F)c(C=O)c(F)c1. The quantitative estimate of drug-likeness (QED) is 0.167. The van der Waals surface area contributed by atoms with Gasteiger partial charge in [-0.3, -0.25) is 4.79 Å². The molecule has 0 atom stereocenters. The number of nitrogens with zero attached hydrogens (tertiary/aromatic N) is 2. The summed E-state index contributed by atoms with van der Waals surface area (Å²) in [4.78, 5) is 16.0. The molecule has 0 radical (unpaired) electrons. The Morgan fingerprint density at radius 1 is 0.718 bits per heavy atom. The lowest BCUT2D eigenvalue weighted by Gasteiger charge is -2.38. The maximum atomic E-state index is 14.6. The van der Waals surface area contributed by atoms with Crippen LogP contribution in [0.5, 0.6) is 0 Å². The van der Waals surface area contributed by atoms with Gasteiger partial charge in [0, 0.05) is 0 Å². The first-order valence-electron chi connectivity index (χ1n) is 12.6. The largest absolute Gasteiger partial charge is 0.312 e. The van der Waals surface area contributed by atoms with E-state index in [0.717, 1.165) is 33.3 Å². The fourth-order valence-electron chi connectivity index (χ4n) is 5.55. The summed E-state index contributed by atoms with van der Waals surface area (Å²) in [5.74, 6) is -1.78. The molecule has 0 saturated heterocycles. The van der Waals surface area contributed by atoms with Gasteiger partial charge in [0.2, 0.25) is 0 Å². The van der Waals surface area contributed by atoms with E-state index in [9.17, 15) is 13.6 Å². The van der Waals surface area contributed by atoms with Gasteiger partial charge in [-0.2, -0.15) is 0 Å². The minimum atomic E-state index is -0.889. The van der Waals surface area contributed by atoms with Gasteiger partial charge < -0.3 is 4.57 Å². The fraction of sp³-hybridized carbons (Fsp3) is 0.0588. The second-order valence-electron chi connectivity index (χ2n) is 9.55. The molecule has 6 aromatic rings. The van der Waals surface area contributed by atoms with Crippen molar-refractivity contribution >= 4 is 17.3 Å². The molecule has 0 saturated carbocycles. The molecule has 1 aromatic heterocycles. The van der Waals surface area contributed by atoms with E-state index in [1.54, 1.807) is 0 Å². The first-order chi connectivity index (χ1) is 19.0. The second kappa shape index (κ2) is 9.76. The number of aldehydes is 1. The highest BCUT2D eigenvalue weighted by Gasteiger charge is 2.39. The Kier molecular flexibility index (Phi) is 6.12. The minimum absolute atomic E-state index is 0.202. The molecule has 39 heavy (non-hydrogen) atoms. The van der Waals surface area contributed by atoms with E-state index < -0.39 is 22.7 Å². The highest BCUT2D eigenvalue weighted by atomic mass is 19.1. The van der Waals surface area contributed by atoms with Crippen molar-refractivity contribution in [3.8, 4) is 11.1 Å². The summed E-state index contributed by atoms with van der Waals surface area (Å²) >= 11 is 0. The normalized spacial score (nSPS) is 11.6. The Labute approximate surface area is 225 Å². The van der Waals surface area contributed by atoms with E-state index in [1.165, 1.54) is 12.1 Å². The summed E-state index contributed by atoms with van der Waals surface area (Å²) in [7, 11) is 0. The zero-order chi connectivity index (χ0) is 27.0. The Hall–Kier alpha value is -4.90. The molecule has 0 fully saturated rings. The number of hydrogen-bond donors (Lipinski definition) is 0. The van der Waals surface area contributed by atoms with Gasteiger partial charge in [-0.05, 0) is 64.6 Å². The first kappa shape index (κ1) is 24.4. The molecular formula is C34H24F2N2O. The Morgan fingerprint density at radius 3 is 1.67 bits per heavy atom. The third-order valence-electron chi connectivity index (χ3n) is 7.34. The van der Waals surface area contributed by atoms with Crippen LogP contribution in [0.4, 0.5) is 8.78 Å². The molecule has 0 bridgehead atoms. The van der Waals surface area contributed by atoms with Gasteiger partial charge in [0.05, 0.1) is 22.9 Å². The molecule has 5 heteroatoms. The highest BCUT2D eigenvalue weighted by molar-refractivity contribution is 5.86. The van der Waals surface area contributed by atoms with Crippen LogP contribution in [0.1, 0.15) is 32.6 Å². The lowest BCUT2D eigenvalue weighted by Crippen LogP contribution is -2.37. The van der Waals surface area contributed by atoms with E-state index >= 15 is 0 Å². The molecule has 0 spiro atoms. The van der Waals surface area contributed by atoms with Gasteiger partial charge in [0.25, 0.3) is 0 Å². The zero-order valence-corrected chi connectivity index (χ0v) is 21.2. The predicted molar refractivity (Wildman–Crippen MR) is 150 cm³/mol. The third kappa shape index (κ3) is 3.94. The molecule has 5 aromatic carbocycles. The van der Waals surface area contributed by atoms with Crippen LogP contribution in [0.15, 0.2) is 122 Å². The van der Waals surface area contributed by atoms with Gasteiger partial charge in [-0.1, -0.05) is 91.0 Å². The van der Waals surface area contributed by atoms with E-state index in [4.69, 9.17) is 4.98 Å². The third-order valence-corrected chi connectivity index (χ3v) is 7.34. The molecule has 0 aliphatic rings. The Morgan fingerprint density at radius 2 is 1.21 bits per heavy atom. The summed E-state index contributed by atoms with van der Waals surface area (Å²) in [5, 5.41) is 0. The van der Waals surface area contributed by atoms with Crippen molar-refractivity contribution in [2.75, 3.05) is 0 Å². The number of halogens is 2. The zero-order valence-electron chi connectivity index (χ0n) is 21.2. The lowest BCUT2D eigenvalue weighted by molar-refractivity contribution is 0.111. The molecule has 190 valence electrons. The number of aryl methyl sites for hydroxylation is 1. The van der Waals surface area contributed by atoms with Crippen molar-refractivity contribution in [3.63, 3.8) is 0 Å². The van der Waals surface area contributed by atoms with Crippen LogP contribution in [0.25, 0.3) is 22.2 Å². The topological polar surface area (TPSA) is 34.9 Å². The monoisotopic (exact) mass is 514 g/mol. The van der Waals surface area contributed by atoms with E-state index in [1.807, 2.05) is 80.0 Å². The summed E-state index contributed by atoms with van der Waals surface area (Å²) in [5.41, 5.74) is 5.14. The number of benzene rings is 5. The molecule has 1 heterocycles. The molecule has 0 amide bonds. The second-order valence-corrected chi connectivity index (χ2v) is 9.55. The van der Waals surface area contributed by atoms with Crippen molar-refractivity contribution in [3.05, 3.63) is 161 Å². The van der Waals surface area contributed by atoms with E-state index in [0.29, 0.717) is 11.1 Å². The summed E-state index contributed by atoms with van der Waals surface area (Å²) in [6, 6.07) is 37.0. The molecule has 0 N–H and O–H groups in total. The minimum Gasteiger partial charge on any atom is -0.312 e. The van der Waals surface area contributed by atoms with Gasteiger partial charge in [0.15, 0.2) is 6.29 Å². The fourth-order valence-corrected chi connectivity index (χ4v) is 5.55. The summed E-state index contributed by atoms with van der Waals surface area (Å²) in [6.45, 7) is 1.88. The van der Waals surface area contributed by atoms with Crippen LogP contribution in [0, 0.1) is 18.6 Å². The molecule has 6 rings (SSSR count). The number of carbonyl (C=O) groups is 1. The number of carbonyl (C=O) groups excluding carboxylic acids is 1. The molecular weight excluding hydrogens is 490 g/mol. The van der Waals surface area contributed by atoms with E-state index in [2.05, 4.69) is 41.0 Å². The number of aromatic nitrogens is 2. The average molecular weight is 515 g/mol. The molecule has 0 aliphatic carbocycles. The van der Waals surface area contributed by atoms with Crippen LogP contribution < -0.4 is 0 Å². The number of imidazole rings is 1. The van der Waals surface area contributed by atoms with Crippen LogP contribution in [-0.2, 0) is 5.54 Å². The van der Waals surface area contributed by atoms with Crippen LogP contribution in [0.2, 0.25) is 0 Å². The molecule has 0 unspecified atom stereocenters. The maximum Gasteiger partial charge on any atom is 0.155 e. The van der Waals surface area contributed by atoms with Crippen LogP contribution in [-0.4, -0.2) is 15.8 Å². The Balaban J connectivity index is 1.71. The van der Waals surface area contributed by atoms with Crippen molar-refractivity contribution in [2.24, 2.45) is 0 Å². The predicted octanol–water partition coefficient (Wildman–Crippen LogP) is 7.94. The standard InChI is InChI=1S/C34H24F2N2O/c1-23-17-32-33(20-28(23)24-18-30(35)29(21-39)31(36)19-24)38(22-37-32)34(25-11-5-2-6-12-25,26-13-7-3-8-14-26)27-15-9-4-10-16-27/h2-22H,1H3. The number of rotatable bonds is 6. The van der Waals surface area contributed by atoms with Crippen molar-refractivity contribution in [1.82, 2.24) is 9.55 Å². The lowest BCUT2D eigenvalue weighted by atomic mass is 9.76. The average Bonchev–Trinajstić information content (AvgIpc) is 3.37. The summed E-state index contributed by atoms with van der Waals surface area (Å²) < 4.78 is 31.4. The smallest absolute Gasteiger partial charge is 0.155 e. The molecule has 0 aliphatic heterocycles. The first-order valence-corrected chi connectivity index (χ1v) is 12.6. The summed E-state index contributed by atoms with van der Waals surface area (Å²) in [6.07, 6.45) is 2.03. The van der Waals surface area contributed by atoms with Crippen molar-refractivity contribution in [1.29, 1.82) is 0 Å². The Bertz CT molecular complexity index is 1680. The number of fused-ring (bicyclic) bond motifs is 1.